The highest BCUT2D eigenvalue weighted by Crippen LogP contribution is 2.24. The van der Waals surface area contributed by atoms with Gasteiger partial charge in [-0.3, -0.25) is 4.79 Å². The molecule has 0 heterocycles. The summed E-state index contributed by atoms with van der Waals surface area (Å²) in [7, 11) is 0. The first-order valence-electron chi connectivity index (χ1n) is 7.62. The number of benzene rings is 1. The molecule has 0 radical (unpaired) electrons. The van der Waals surface area contributed by atoms with Crippen LogP contribution in [0, 0.1) is 19.3 Å². The van der Waals surface area contributed by atoms with Gasteiger partial charge in [-0.2, -0.15) is 0 Å². The van der Waals surface area contributed by atoms with Gasteiger partial charge in [-0.25, -0.2) is 4.79 Å². The smallest absolute Gasteiger partial charge is 0.335 e. The molecule has 0 aromatic heterocycles. The van der Waals surface area contributed by atoms with Crippen LogP contribution in [0.2, 0.25) is 0 Å². The van der Waals surface area contributed by atoms with Crippen molar-refractivity contribution in [2.75, 3.05) is 6.54 Å². The Morgan fingerprint density at radius 1 is 1.23 bits per heavy atom. The summed E-state index contributed by atoms with van der Waals surface area (Å²) in [5.41, 5.74) is 1.29. The number of aromatic carboxylic acids is 1. The SMILES string of the molecule is C#CCN(C(=O)c1cc(C)cc(C(=O)O)c1)C1CCCCC1. The van der Waals surface area contributed by atoms with E-state index in [4.69, 9.17) is 11.5 Å². The predicted molar refractivity (Wildman–Crippen MR) is 84.9 cm³/mol. The minimum absolute atomic E-state index is 0.132. The van der Waals surface area contributed by atoms with Crippen molar-refractivity contribution in [3.63, 3.8) is 0 Å². The Labute approximate surface area is 131 Å². The molecular weight excluding hydrogens is 278 g/mol. The van der Waals surface area contributed by atoms with Crippen LogP contribution < -0.4 is 0 Å². The summed E-state index contributed by atoms with van der Waals surface area (Å²) in [4.78, 5) is 25.7. The van der Waals surface area contributed by atoms with Crippen molar-refractivity contribution in [1.29, 1.82) is 0 Å². The number of carboxylic acid groups (broad SMARTS) is 1. The van der Waals surface area contributed by atoms with E-state index in [-0.39, 0.29) is 24.1 Å². The molecule has 1 aromatic rings. The predicted octanol–water partition coefficient (Wildman–Crippen LogP) is 3.10. The molecule has 0 aliphatic heterocycles. The van der Waals surface area contributed by atoms with Crippen molar-refractivity contribution in [3.05, 3.63) is 34.9 Å². The van der Waals surface area contributed by atoms with Crippen molar-refractivity contribution in [1.82, 2.24) is 4.90 Å². The van der Waals surface area contributed by atoms with Crippen molar-refractivity contribution in [2.45, 2.75) is 45.1 Å². The normalized spacial score (nSPS) is 15.1. The van der Waals surface area contributed by atoms with Crippen LogP contribution in [0.5, 0.6) is 0 Å². The summed E-state index contributed by atoms with van der Waals surface area (Å²) in [6.45, 7) is 2.05. The fraction of sp³-hybridized carbons (Fsp3) is 0.444. The first-order chi connectivity index (χ1) is 10.5. The van der Waals surface area contributed by atoms with E-state index in [9.17, 15) is 9.59 Å². The van der Waals surface area contributed by atoms with Crippen molar-refractivity contribution >= 4 is 11.9 Å². The van der Waals surface area contributed by atoms with Gasteiger partial charge in [-0.15, -0.1) is 6.42 Å². The van der Waals surface area contributed by atoms with Gasteiger partial charge < -0.3 is 10.0 Å². The van der Waals surface area contributed by atoms with E-state index < -0.39 is 5.97 Å². The highest BCUT2D eigenvalue weighted by molar-refractivity contribution is 5.98. The summed E-state index contributed by atoms with van der Waals surface area (Å²) in [6.07, 6.45) is 10.8. The lowest BCUT2D eigenvalue weighted by Crippen LogP contribution is -2.41. The monoisotopic (exact) mass is 299 g/mol. The van der Waals surface area contributed by atoms with Gasteiger partial charge in [0, 0.05) is 11.6 Å². The molecule has 22 heavy (non-hydrogen) atoms. The highest BCUT2D eigenvalue weighted by atomic mass is 16.4. The lowest BCUT2D eigenvalue weighted by atomic mass is 9.93. The summed E-state index contributed by atoms with van der Waals surface area (Å²) in [5.74, 6) is 1.36. The van der Waals surface area contributed by atoms with E-state index in [1.165, 1.54) is 12.5 Å². The Hall–Kier alpha value is -2.28. The first kappa shape index (κ1) is 16.1. The number of nitrogens with zero attached hydrogens (tertiary/aromatic N) is 1. The molecule has 1 aliphatic rings. The number of carboxylic acids is 1. The van der Waals surface area contributed by atoms with Gasteiger partial charge in [0.1, 0.15) is 0 Å². The molecule has 0 spiro atoms. The fourth-order valence-corrected chi connectivity index (χ4v) is 3.05. The Morgan fingerprint density at radius 2 is 1.86 bits per heavy atom. The third-order valence-corrected chi connectivity index (χ3v) is 4.11. The molecule has 1 fully saturated rings. The minimum Gasteiger partial charge on any atom is -0.478 e. The molecular formula is C18H21NO3. The first-order valence-corrected chi connectivity index (χ1v) is 7.62. The van der Waals surface area contributed by atoms with E-state index in [0.29, 0.717) is 5.56 Å². The molecule has 0 bridgehead atoms. The lowest BCUT2D eigenvalue weighted by Gasteiger charge is -2.33. The molecule has 1 aliphatic carbocycles. The van der Waals surface area contributed by atoms with Gasteiger partial charge in [0.2, 0.25) is 0 Å². The van der Waals surface area contributed by atoms with Crippen molar-refractivity contribution in [3.8, 4) is 12.3 Å². The van der Waals surface area contributed by atoms with Gasteiger partial charge in [0.15, 0.2) is 0 Å². The maximum Gasteiger partial charge on any atom is 0.335 e. The number of hydrogen-bond donors (Lipinski definition) is 1. The lowest BCUT2D eigenvalue weighted by molar-refractivity contribution is 0.0667. The minimum atomic E-state index is -1.03. The van der Waals surface area contributed by atoms with E-state index in [1.54, 1.807) is 24.0 Å². The Kier molecular flexibility index (Phi) is 5.21. The zero-order valence-electron chi connectivity index (χ0n) is 12.8. The maximum atomic E-state index is 12.8. The van der Waals surface area contributed by atoms with E-state index in [2.05, 4.69) is 5.92 Å². The second-order valence-corrected chi connectivity index (χ2v) is 5.82. The molecule has 1 saturated carbocycles. The van der Waals surface area contributed by atoms with Crippen LogP contribution in [0.3, 0.4) is 0 Å². The Morgan fingerprint density at radius 3 is 2.45 bits per heavy atom. The van der Waals surface area contributed by atoms with Crippen LogP contribution in [0.25, 0.3) is 0 Å². The standard InChI is InChI=1S/C18H21NO3/c1-3-9-19(16-7-5-4-6-8-16)17(20)14-10-13(2)11-15(12-14)18(21)22/h1,10-12,16H,4-9H2,2H3,(H,21,22). The van der Waals surface area contributed by atoms with E-state index in [0.717, 1.165) is 31.2 Å². The van der Waals surface area contributed by atoms with Gasteiger partial charge >= 0.3 is 5.97 Å². The summed E-state index contributed by atoms with van der Waals surface area (Å²) >= 11 is 0. The fourth-order valence-electron chi connectivity index (χ4n) is 3.05. The number of terminal acetylenes is 1. The van der Waals surface area contributed by atoms with Gasteiger partial charge in [-0.05, 0) is 43.5 Å². The van der Waals surface area contributed by atoms with Crippen LogP contribution in [0.1, 0.15) is 58.4 Å². The molecule has 4 nitrogen and oxygen atoms in total. The number of carbonyl (C=O) groups is 2. The number of aryl methyl sites for hydroxylation is 1. The van der Waals surface area contributed by atoms with Crippen LogP contribution >= 0.6 is 0 Å². The molecule has 0 unspecified atom stereocenters. The Balaban J connectivity index is 2.30. The average Bonchev–Trinajstić information content (AvgIpc) is 2.52. The number of hydrogen-bond acceptors (Lipinski definition) is 2. The molecule has 1 aromatic carbocycles. The largest absolute Gasteiger partial charge is 0.478 e. The number of amides is 1. The Bertz CT molecular complexity index is 609. The zero-order valence-corrected chi connectivity index (χ0v) is 12.8. The van der Waals surface area contributed by atoms with Gasteiger partial charge in [0.25, 0.3) is 5.91 Å². The van der Waals surface area contributed by atoms with Crippen LogP contribution in [-0.2, 0) is 0 Å². The van der Waals surface area contributed by atoms with Gasteiger partial charge in [0.05, 0.1) is 12.1 Å². The quantitative estimate of drug-likeness (QED) is 0.869. The maximum absolute atomic E-state index is 12.8. The van der Waals surface area contributed by atoms with Crippen molar-refractivity contribution in [2.24, 2.45) is 0 Å². The molecule has 1 amide bonds. The van der Waals surface area contributed by atoms with Crippen molar-refractivity contribution < 1.29 is 14.7 Å². The summed E-state index contributed by atoms with van der Waals surface area (Å²) in [5, 5.41) is 9.15. The van der Waals surface area contributed by atoms with Gasteiger partial charge in [-0.1, -0.05) is 25.2 Å². The summed E-state index contributed by atoms with van der Waals surface area (Å²) < 4.78 is 0. The third kappa shape index (κ3) is 3.67. The molecule has 4 heteroatoms. The second kappa shape index (κ2) is 7.13. The zero-order chi connectivity index (χ0) is 16.1. The number of carbonyl (C=O) groups excluding carboxylic acids is 1. The van der Waals surface area contributed by atoms with E-state index in [1.807, 2.05) is 0 Å². The van der Waals surface area contributed by atoms with E-state index >= 15 is 0 Å². The van der Waals surface area contributed by atoms with Crippen LogP contribution in [0.15, 0.2) is 18.2 Å². The topological polar surface area (TPSA) is 57.6 Å². The molecule has 116 valence electrons. The highest BCUT2D eigenvalue weighted by Gasteiger charge is 2.26. The van der Waals surface area contributed by atoms with Crippen LogP contribution in [-0.4, -0.2) is 34.5 Å². The number of rotatable bonds is 4. The second-order valence-electron chi connectivity index (χ2n) is 5.82. The molecule has 0 atom stereocenters. The summed E-state index contributed by atoms with van der Waals surface area (Å²) in [6, 6.07) is 4.88. The molecule has 1 N–H and O–H groups in total. The average molecular weight is 299 g/mol. The van der Waals surface area contributed by atoms with Crippen LogP contribution in [0.4, 0.5) is 0 Å². The molecule has 2 rings (SSSR count). The molecule has 0 saturated heterocycles. The third-order valence-electron chi connectivity index (χ3n) is 4.11.